The van der Waals surface area contributed by atoms with E-state index in [1.807, 2.05) is 69.3 Å². The maximum absolute atomic E-state index is 12.8. The highest BCUT2D eigenvalue weighted by Gasteiger charge is 2.53. The molecular weight excluding hydrogens is 496 g/mol. The van der Waals surface area contributed by atoms with Crippen LogP contribution in [-0.2, 0) is 16.5 Å². The maximum Gasteiger partial charge on any atom is 0.411 e. The maximum atomic E-state index is 12.8. The van der Waals surface area contributed by atoms with Crippen molar-refractivity contribution in [2.75, 3.05) is 20.4 Å². The van der Waals surface area contributed by atoms with Gasteiger partial charge in [-0.05, 0) is 63.8 Å². The summed E-state index contributed by atoms with van der Waals surface area (Å²) in [5.41, 5.74) is 4.19. The monoisotopic (exact) mass is 528 g/mol. The van der Waals surface area contributed by atoms with Gasteiger partial charge in [-0.1, -0.05) is 6.08 Å². The lowest BCUT2D eigenvalue weighted by Gasteiger charge is -2.36. The van der Waals surface area contributed by atoms with Crippen LogP contribution in [0.4, 0.5) is 4.79 Å². The summed E-state index contributed by atoms with van der Waals surface area (Å²) in [5, 5.41) is 5.48. The molecule has 0 saturated heterocycles. The number of fused-ring (bicyclic) bond motifs is 2. The van der Waals surface area contributed by atoms with E-state index in [4.69, 9.17) is 24.2 Å². The van der Waals surface area contributed by atoms with Crippen LogP contribution in [0.2, 0.25) is 0 Å². The first-order chi connectivity index (χ1) is 18.6. The van der Waals surface area contributed by atoms with Gasteiger partial charge in [0.25, 0.3) is 0 Å². The van der Waals surface area contributed by atoms with E-state index in [2.05, 4.69) is 10.1 Å². The molecule has 1 saturated carbocycles. The minimum absolute atomic E-state index is 0.118. The highest BCUT2D eigenvalue weighted by atomic mass is 16.7. The number of carbonyl (C=O) groups is 1. The van der Waals surface area contributed by atoms with Crippen molar-refractivity contribution < 1.29 is 19.0 Å². The summed E-state index contributed by atoms with van der Waals surface area (Å²) in [5.74, 6) is 1.32. The minimum atomic E-state index is -0.523. The van der Waals surface area contributed by atoms with Gasteiger partial charge in [-0.2, -0.15) is 5.10 Å². The molecule has 4 heterocycles. The van der Waals surface area contributed by atoms with Crippen molar-refractivity contribution in [3.63, 3.8) is 0 Å². The summed E-state index contributed by atoms with van der Waals surface area (Å²) >= 11 is 0. The van der Waals surface area contributed by atoms with Gasteiger partial charge in [0.2, 0.25) is 0 Å². The Balaban J connectivity index is 1.29. The molecule has 1 aliphatic carbocycles. The van der Waals surface area contributed by atoms with Crippen LogP contribution in [0, 0.1) is 0 Å². The second-order valence-electron chi connectivity index (χ2n) is 11.3. The molecule has 202 valence electrons. The molecule has 39 heavy (non-hydrogen) atoms. The number of aromatic nitrogens is 5. The third kappa shape index (κ3) is 4.92. The van der Waals surface area contributed by atoms with E-state index in [1.54, 1.807) is 18.0 Å². The molecule has 0 atom stereocenters. The number of benzene rings is 1. The van der Waals surface area contributed by atoms with Crippen molar-refractivity contribution in [3.05, 3.63) is 48.6 Å². The topological polar surface area (TPSA) is 104 Å². The Hall–Kier alpha value is -4.05. The smallest absolute Gasteiger partial charge is 0.411 e. The number of pyridine rings is 1. The fourth-order valence-corrected chi connectivity index (χ4v) is 5.11. The SMILES string of the molecule is COCOc1cc2nn(C)cc2cc1-c1ccc2nc(C3=CCN(C(=O)OC(C)(C)C)C4(CC4)C3)ncc2n1. The summed E-state index contributed by atoms with van der Waals surface area (Å²) in [4.78, 5) is 29.0. The van der Waals surface area contributed by atoms with Crippen molar-refractivity contribution in [1.82, 2.24) is 29.6 Å². The molecular formula is C29H32N6O4. The lowest BCUT2D eigenvalue weighted by atomic mass is 9.97. The first-order valence-corrected chi connectivity index (χ1v) is 13.1. The molecule has 1 aliphatic heterocycles. The second kappa shape index (κ2) is 9.30. The summed E-state index contributed by atoms with van der Waals surface area (Å²) in [6, 6.07) is 7.83. The molecule has 0 N–H and O–H groups in total. The number of amides is 1. The number of aryl methyl sites for hydroxylation is 1. The average molecular weight is 529 g/mol. The van der Waals surface area contributed by atoms with Crippen molar-refractivity contribution in [1.29, 1.82) is 0 Å². The largest absolute Gasteiger partial charge is 0.467 e. The third-order valence-corrected chi connectivity index (χ3v) is 7.11. The second-order valence-corrected chi connectivity index (χ2v) is 11.3. The number of carbonyl (C=O) groups excluding carboxylic acids is 1. The molecule has 10 heteroatoms. The Morgan fingerprint density at radius 2 is 1.92 bits per heavy atom. The molecule has 10 nitrogen and oxygen atoms in total. The molecule has 4 aromatic rings. The normalized spacial score (nSPS) is 16.5. The molecule has 1 fully saturated rings. The molecule has 2 aliphatic rings. The van der Waals surface area contributed by atoms with Gasteiger partial charge in [0.15, 0.2) is 12.6 Å². The van der Waals surface area contributed by atoms with Crippen LogP contribution in [-0.4, -0.2) is 67.3 Å². The van der Waals surface area contributed by atoms with Crippen molar-refractivity contribution >= 4 is 33.6 Å². The first-order valence-electron chi connectivity index (χ1n) is 13.1. The zero-order valence-corrected chi connectivity index (χ0v) is 22.9. The van der Waals surface area contributed by atoms with Gasteiger partial charge in [-0.15, -0.1) is 0 Å². The molecule has 3 aromatic heterocycles. The number of hydrogen-bond acceptors (Lipinski definition) is 8. The van der Waals surface area contributed by atoms with Crippen LogP contribution < -0.4 is 4.74 Å². The molecule has 0 radical (unpaired) electrons. The molecule has 0 bridgehead atoms. The van der Waals surface area contributed by atoms with Crippen LogP contribution in [0.1, 0.15) is 45.9 Å². The van der Waals surface area contributed by atoms with Crippen LogP contribution in [0.3, 0.4) is 0 Å². The van der Waals surface area contributed by atoms with Gasteiger partial charge < -0.3 is 14.2 Å². The van der Waals surface area contributed by atoms with E-state index in [9.17, 15) is 4.79 Å². The van der Waals surface area contributed by atoms with Crippen molar-refractivity contribution in [3.8, 4) is 17.0 Å². The summed E-state index contributed by atoms with van der Waals surface area (Å²) < 4.78 is 18.4. The first kappa shape index (κ1) is 25.2. The van der Waals surface area contributed by atoms with E-state index >= 15 is 0 Å². The van der Waals surface area contributed by atoms with Crippen molar-refractivity contribution in [2.24, 2.45) is 7.05 Å². The van der Waals surface area contributed by atoms with Crippen LogP contribution in [0.15, 0.2) is 42.7 Å². The predicted molar refractivity (Wildman–Crippen MR) is 147 cm³/mol. The van der Waals surface area contributed by atoms with Crippen LogP contribution in [0.5, 0.6) is 5.75 Å². The average Bonchev–Trinajstić information content (AvgIpc) is 3.54. The van der Waals surface area contributed by atoms with Gasteiger partial charge in [-0.3, -0.25) is 9.58 Å². The number of hydrogen-bond donors (Lipinski definition) is 0. The van der Waals surface area contributed by atoms with Gasteiger partial charge >= 0.3 is 6.09 Å². The molecule has 1 aromatic carbocycles. The lowest BCUT2D eigenvalue weighted by Crippen LogP contribution is -2.47. The molecule has 0 unspecified atom stereocenters. The standard InChI is InChI=1S/C29H32N6O4/c1-28(2,3)39-27(36)35-11-8-18(14-29(35)9-10-29)26-30-15-24-22(32-26)7-6-21(31-24)20-12-19-16-34(4)33-23(19)13-25(20)38-17-37-5/h6-8,12-13,15-16H,9-11,14,17H2,1-5H3. The van der Waals surface area contributed by atoms with Crippen LogP contribution >= 0.6 is 0 Å². The van der Waals surface area contributed by atoms with E-state index in [-0.39, 0.29) is 18.4 Å². The Labute approximate surface area is 226 Å². The summed E-state index contributed by atoms with van der Waals surface area (Å²) in [6.45, 7) is 6.28. The highest BCUT2D eigenvalue weighted by Crippen LogP contribution is 2.50. The van der Waals surface area contributed by atoms with E-state index < -0.39 is 5.60 Å². The van der Waals surface area contributed by atoms with Crippen LogP contribution in [0.25, 0.3) is 38.8 Å². The van der Waals surface area contributed by atoms with Crippen molar-refractivity contribution in [2.45, 2.75) is 51.2 Å². The third-order valence-electron chi connectivity index (χ3n) is 7.11. The Morgan fingerprint density at radius 3 is 2.67 bits per heavy atom. The Bertz CT molecular complexity index is 1620. The number of ether oxygens (including phenoxy) is 3. The van der Waals surface area contributed by atoms with E-state index in [1.165, 1.54) is 0 Å². The predicted octanol–water partition coefficient (Wildman–Crippen LogP) is 5.12. The lowest BCUT2D eigenvalue weighted by molar-refractivity contribution is 0.0152. The Kier molecular flexibility index (Phi) is 6.02. The van der Waals surface area contributed by atoms with Gasteiger partial charge in [0.05, 0.1) is 28.5 Å². The zero-order valence-electron chi connectivity index (χ0n) is 22.9. The van der Waals surface area contributed by atoms with E-state index in [0.717, 1.165) is 46.1 Å². The Morgan fingerprint density at radius 1 is 1.10 bits per heavy atom. The van der Waals surface area contributed by atoms with Gasteiger partial charge in [0.1, 0.15) is 16.9 Å². The van der Waals surface area contributed by atoms with Gasteiger partial charge in [-0.25, -0.2) is 19.7 Å². The number of methoxy groups -OCH3 is 1. The van der Waals surface area contributed by atoms with E-state index in [0.29, 0.717) is 30.1 Å². The fourth-order valence-electron chi connectivity index (χ4n) is 5.11. The highest BCUT2D eigenvalue weighted by molar-refractivity contribution is 5.89. The number of nitrogens with zero attached hydrogens (tertiary/aromatic N) is 6. The fraction of sp³-hybridized carbons (Fsp3) is 0.414. The zero-order chi connectivity index (χ0) is 27.4. The number of rotatable bonds is 5. The summed E-state index contributed by atoms with van der Waals surface area (Å²) in [7, 11) is 3.48. The van der Waals surface area contributed by atoms with Gasteiger partial charge in [0, 0.05) is 43.9 Å². The minimum Gasteiger partial charge on any atom is -0.467 e. The molecule has 1 amide bonds. The quantitative estimate of drug-likeness (QED) is 0.329. The molecule has 6 rings (SSSR count). The summed E-state index contributed by atoms with van der Waals surface area (Å²) in [6.07, 6.45) is 8.13. The molecule has 1 spiro atoms.